The van der Waals surface area contributed by atoms with E-state index in [1.807, 2.05) is 19.1 Å². The van der Waals surface area contributed by atoms with Crippen LogP contribution in [0.3, 0.4) is 0 Å². The van der Waals surface area contributed by atoms with E-state index in [1.165, 1.54) is 43.7 Å². The molecule has 12 heteroatoms. The van der Waals surface area contributed by atoms with E-state index in [9.17, 15) is 18.0 Å². The fraction of sp³-hybridized carbons (Fsp3) is 0.379. The summed E-state index contributed by atoms with van der Waals surface area (Å²) in [6.45, 7) is 2.74. The van der Waals surface area contributed by atoms with E-state index in [0.717, 1.165) is 5.75 Å². The number of fused-ring (bicyclic) bond motifs is 1. The number of hydrogen-bond acceptors (Lipinski definition) is 7. The molecule has 0 saturated heterocycles. The van der Waals surface area contributed by atoms with E-state index in [2.05, 4.69) is 22.2 Å². The Morgan fingerprint density at radius 3 is 2.46 bits per heavy atom. The molecule has 1 saturated carbocycles. The van der Waals surface area contributed by atoms with Gasteiger partial charge in [-0.3, -0.25) is 10.2 Å². The van der Waals surface area contributed by atoms with Crippen molar-refractivity contribution in [2.45, 2.75) is 51.1 Å². The van der Waals surface area contributed by atoms with Crippen LogP contribution in [0.2, 0.25) is 0 Å². The lowest BCUT2D eigenvalue weighted by Crippen LogP contribution is -2.35. The Labute approximate surface area is 239 Å². The minimum Gasteiger partial charge on any atom is -0.490 e. The van der Waals surface area contributed by atoms with E-state index < -0.39 is 23.0 Å². The molecule has 0 unspecified atom stereocenters. The number of carbonyl (C=O) groups excluding carboxylic acids is 1. The zero-order valence-electron chi connectivity index (χ0n) is 22.4. The average molecular weight is 587 g/mol. The maximum atomic E-state index is 13.1. The lowest BCUT2D eigenvalue weighted by atomic mass is 9.84. The third kappa shape index (κ3) is 6.75. The fourth-order valence-electron chi connectivity index (χ4n) is 4.86. The second kappa shape index (κ2) is 12.4. The van der Waals surface area contributed by atoms with Gasteiger partial charge in [-0.25, -0.2) is 0 Å². The summed E-state index contributed by atoms with van der Waals surface area (Å²) >= 11 is 0.208. The van der Waals surface area contributed by atoms with E-state index in [-0.39, 0.29) is 29.1 Å². The molecule has 5 rings (SSSR count). The highest BCUT2D eigenvalue weighted by atomic mass is 32.2. The second-order valence-corrected chi connectivity index (χ2v) is 10.6. The molecule has 0 radical (unpaired) electrons. The van der Waals surface area contributed by atoms with Crippen molar-refractivity contribution in [1.82, 2.24) is 5.01 Å². The third-order valence-electron chi connectivity index (χ3n) is 6.84. The van der Waals surface area contributed by atoms with Gasteiger partial charge in [-0.05, 0) is 78.9 Å². The summed E-state index contributed by atoms with van der Waals surface area (Å²) in [5, 5.41) is 10.9. The minimum atomic E-state index is -4.70. The minimum absolute atomic E-state index is 0.194. The van der Waals surface area contributed by atoms with Crippen molar-refractivity contribution in [2.24, 2.45) is 10.1 Å². The van der Waals surface area contributed by atoms with Crippen LogP contribution in [0, 0.1) is 5.41 Å². The summed E-state index contributed by atoms with van der Waals surface area (Å²) < 4.78 is 56.6. The summed E-state index contributed by atoms with van der Waals surface area (Å²) in [6.07, 6.45) is 3.06. The van der Waals surface area contributed by atoms with Crippen molar-refractivity contribution in [1.29, 1.82) is 5.41 Å². The Balaban J connectivity index is 1.21. The van der Waals surface area contributed by atoms with Gasteiger partial charge in [0.1, 0.15) is 19.0 Å². The van der Waals surface area contributed by atoms with Gasteiger partial charge < -0.3 is 14.2 Å². The lowest BCUT2D eigenvalue weighted by Gasteiger charge is -2.22. The predicted octanol–water partition coefficient (Wildman–Crippen LogP) is 6.77. The van der Waals surface area contributed by atoms with Crippen LogP contribution in [0.15, 0.2) is 58.1 Å². The number of aliphatic imine (C=N–C) groups is 1. The molecule has 41 heavy (non-hydrogen) atoms. The van der Waals surface area contributed by atoms with Crippen LogP contribution in [0.1, 0.15) is 56.1 Å². The van der Waals surface area contributed by atoms with Crippen molar-refractivity contribution in [3.63, 3.8) is 0 Å². The smallest absolute Gasteiger partial charge is 0.441 e. The monoisotopic (exact) mass is 586 g/mol. The molecular formula is C29H29F3N4O4S. The molecule has 0 aromatic heterocycles. The average Bonchev–Trinajstić information content (AvgIpc) is 3.40. The van der Waals surface area contributed by atoms with Crippen LogP contribution in [0.25, 0.3) is 6.08 Å². The standard InChI is InChI=1S/C29H29F3N4O4S/c1-2-38-24-17-18(16-22-25(33)36-28(34-26(22)37)41-27(35-36)29(30,31)32)8-13-23(24)40-15-14-39-21-11-9-20(10-12-21)19-6-4-3-5-7-19/h8-13,16-17,19,33H,2-7,14-15H2,1H3/b22-16+,33-25?. The molecule has 1 amide bonds. The summed E-state index contributed by atoms with van der Waals surface area (Å²) in [7, 11) is 0. The first-order valence-electron chi connectivity index (χ1n) is 13.4. The molecule has 1 N–H and O–H groups in total. The van der Waals surface area contributed by atoms with Gasteiger partial charge >= 0.3 is 6.18 Å². The topological polar surface area (TPSA) is 96.6 Å². The number of halogens is 3. The molecule has 2 heterocycles. The summed E-state index contributed by atoms with van der Waals surface area (Å²) in [5.74, 6) is 0.966. The largest absolute Gasteiger partial charge is 0.490 e. The Kier molecular flexibility index (Phi) is 8.67. The maximum Gasteiger partial charge on any atom is 0.441 e. The molecule has 2 aromatic rings. The summed E-state index contributed by atoms with van der Waals surface area (Å²) in [6, 6.07) is 13.2. The number of hydrogen-bond donors (Lipinski definition) is 1. The first-order chi connectivity index (χ1) is 19.7. The Hall–Kier alpha value is -3.80. The van der Waals surface area contributed by atoms with Crippen LogP contribution in [-0.4, -0.2) is 53.0 Å². The zero-order chi connectivity index (χ0) is 29.0. The number of alkyl halides is 3. The van der Waals surface area contributed by atoms with Crippen molar-refractivity contribution in [3.8, 4) is 17.2 Å². The van der Waals surface area contributed by atoms with Crippen molar-refractivity contribution >= 4 is 39.8 Å². The zero-order valence-corrected chi connectivity index (χ0v) is 23.2. The SMILES string of the molecule is CCOc1cc(/C=C2\C(=N)N3N=C(C(F)(F)F)SC3=NC2=O)ccc1OCCOc1ccc(C2CCCCC2)cc1. The number of carbonyl (C=O) groups is 1. The van der Waals surface area contributed by atoms with Crippen molar-refractivity contribution in [3.05, 3.63) is 59.2 Å². The quantitative estimate of drug-likeness (QED) is 0.257. The predicted molar refractivity (Wildman–Crippen MR) is 152 cm³/mol. The maximum absolute atomic E-state index is 13.1. The van der Waals surface area contributed by atoms with Gasteiger partial charge in [0, 0.05) is 0 Å². The molecule has 216 valence electrons. The second-order valence-electron chi connectivity index (χ2n) is 9.66. The number of hydrazone groups is 1. The van der Waals surface area contributed by atoms with E-state index >= 15 is 0 Å². The molecule has 0 spiro atoms. The van der Waals surface area contributed by atoms with Gasteiger partial charge in [0.25, 0.3) is 5.91 Å². The lowest BCUT2D eigenvalue weighted by molar-refractivity contribution is -0.114. The number of nitrogens with one attached hydrogen (secondary N) is 1. The molecule has 0 bridgehead atoms. The number of nitrogens with zero attached hydrogens (tertiary/aromatic N) is 3. The number of amidine groups is 2. The van der Waals surface area contributed by atoms with E-state index in [1.54, 1.807) is 18.2 Å². The molecule has 1 fully saturated rings. The van der Waals surface area contributed by atoms with Crippen LogP contribution in [0.5, 0.6) is 17.2 Å². The number of benzene rings is 2. The van der Waals surface area contributed by atoms with Gasteiger partial charge in [0.15, 0.2) is 17.3 Å². The van der Waals surface area contributed by atoms with Gasteiger partial charge in [-0.2, -0.15) is 28.3 Å². The van der Waals surface area contributed by atoms with Gasteiger partial charge in [-0.15, -0.1) is 0 Å². The molecule has 1 aliphatic carbocycles. The molecule has 3 aliphatic rings. The molecule has 8 nitrogen and oxygen atoms in total. The van der Waals surface area contributed by atoms with Gasteiger partial charge in [-0.1, -0.05) is 37.5 Å². The van der Waals surface area contributed by atoms with Crippen LogP contribution in [0.4, 0.5) is 13.2 Å². The van der Waals surface area contributed by atoms with E-state index in [0.29, 0.717) is 41.2 Å². The Morgan fingerprint density at radius 1 is 1.02 bits per heavy atom. The third-order valence-corrected chi connectivity index (χ3v) is 7.80. The van der Waals surface area contributed by atoms with Crippen molar-refractivity contribution in [2.75, 3.05) is 19.8 Å². The first kappa shape index (κ1) is 28.7. The van der Waals surface area contributed by atoms with Crippen molar-refractivity contribution < 1.29 is 32.2 Å². The fourth-order valence-corrected chi connectivity index (χ4v) is 5.62. The Bertz CT molecular complexity index is 1400. The molecular weight excluding hydrogens is 557 g/mol. The van der Waals surface area contributed by atoms with Crippen LogP contribution in [-0.2, 0) is 4.79 Å². The van der Waals surface area contributed by atoms with Gasteiger partial charge in [0.2, 0.25) is 10.2 Å². The van der Waals surface area contributed by atoms with Gasteiger partial charge in [0.05, 0.1) is 12.2 Å². The summed E-state index contributed by atoms with van der Waals surface area (Å²) in [4.78, 5) is 16.2. The highest BCUT2D eigenvalue weighted by Crippen LogP contribution is 2.36. The molecule has 2 aliphatic heterocycles. The normalized spacial score (nSPS) is 18.7. The highest BCUT2D eigenvalue weighted by molar-refractivity contribution is 8.27. The molecule has 0 atom stereocenters. The number of thioether (sulfide) groups is 1. The number of amides is 1. The first-order valence-corrected chi connectivity index (χ1v) is 14.2. The molecule has 2 aromatic carbocycles. The summed E-state index contributed by atoms with van der Waals surface area (Å²) in [5.41, 5.74) is 1.65. The number of ether oxygens (including phenoxy) is 3. The van der Waals surface area contributed by atoms with Crippen LogP contribution >= 0.6 is 11.8 Å². The Morgan fingerprint density at radius 2 is 1.76 bits per heavy atom. The van der Waals surface area contributed by atoms with Crippen LogP contribution < -0.4 is 14.2 Å². The van der Waals surface area contributed by atoms with E-state index in [4.69, 9.17) is 19.6 Å². The number of rotatable bonds is 9. The highest BCUT2D eigenvalue weighted by Gasteiger charge is 2.46.